The molecule has 0 radical (unpaired) electrons. The van der Waals surface area contributed by atoms with Gasteiger partial charge in [0.2, 0.25) is 11.8 Å². The zero-order chi connectivity index (χ0) is 17.3. The number of halogens is 3. The zero-order valence-electron chi connectivity index (χ0n) is 12.4. The molecule has 0 spiro atoms. The second kappa shape index (κ2) is 6.91. The van der Waals surface area contributed by atoms with Crippen molar-refractivity contribution in [3.63, 3.8) is 0 Å². The fraction of sp³-hybridized carbons (Fsp3) is 0.176. The molecule has 1 heterocycles. The minimum Gasteiger partial charge on any atom is -0.326 e. The van der Waals surface area contributed by atoms with Crippen LogP contribution in [0.5, 0.6) is 0 Å². The van der Waals surface area contributed by atoms with E-state index in [2.05, 4.69) is 21.2 Å². The second-order valence-electron chi connectivity index (χ2n) is 5.47. The fourth-order valence-electron chi connectivity index (χ4n) is 2.60. The molecule has 1 fully saturated rings. The van der Waals surface area contributed by atoms with E-state index in [4.69, 9.17) is 11.6 Å². The molecule has 2 aromatic carbocycles. The summed E-state index contributed by atoms with van der Waals surface area (Å²) in [5.41, 5.74) is 1.05. The Kier molecular flexibility index (Phi) is 4.87. The van der Waals surface area contributed by atoms with Crippen molar-refractivity contribution in [1.82, 2.24) is 0 Å². The van der Waals surface area contributed by atoms with E-state index in [1.54, 1.807) is 4.90 Å². The summed E-state index contributed by atoms with van der Waals surface area (Å²) >= 11 is 9.03. The Bertz CT molecular complexity index is 815. The van der Waals surface area contributed by atoms with Crippen LogP contribution >= 0.6 is 27.5 Å². The van der Waals surface area contributed by atoms with Crippen LogP contribution in [0.3, 0.4) is 0 Å². The highest BCUT2D eigenvalue weighted by Gasteiger charge is 2.35. The third kappa shape index (κ3) is 3.44. The molecule has 2 aromatic rings. The van der Waals surface area contributed by atoms with Crippen molar-refractivity contribution in [2.24, 2.45) is 5.92 Å². The Morgan fingerprint density at radius 1 is 1.29 bits per heavy atom. The van der Waals surface area contributed by atoms with Crippen molar-refractivity contribution < 1.29 is 14.0 Å². The minimum atomic E-state index is -0.605. The van der Waals surface area contributed by atoms with E-state index < -0.39 is 11.7 Å². The van der Waals surface area contributed by atoms with Gasteiger partial charge in [0.15, 0.2) is 0 Å². The van der Waals surface area contributed by atoms with Gasteiger partial charge in [-0.2, -0.15) is 0 Å². The molecule has 0 aromatic heterocycles. The monoisotopic (exact) mass is 410 g/mol. The van der Waals surface area contributed by atoms with Crippen LogP contribution < -0.4 is 10.2 Å². The summed E-state index contributed by atoms with van der Waals surface area (Å²) in [4.78, 5) is 26.2. The number of rotatable bonds is 3. The average molecular weight is 412 g/mol. The van der Waals surface area contributed by atoms with Crippen LogP contribution in [0.1, 0.15) is 6.42 Å². The maximum absolute atomic E-state index is 13.4. The molecule has 1 saturated heterocycles. The lowest BCUT2D eigenvalue weighted by Gasteiger charge is -2.18. The zero-order valence-corrected chi connectivity index (χ0v) is 14.8. The van der Waals surface area contributed by atoms with Gasteiger partial charge in [0.25, 0.3) is 0 Å². The molecule has 1 aliphatic rings. The fourth-order valence-corrected chi connectivity index (χ4v) is 3.22. The summed E-state index contributed by atoms with van der Waals surface area (Å²) in [6.45, 7) is 0.281. The smallest absolute Gasteiger partial charge is 0.229 e. The van der Waals surface area contributed by atoms with Gasteiger partial charge < -0.3 is 10.2 Å². The highest BCUT2D eigenvalue weighted by atomic mass is 79.9. The van der Waals surface area contributed by atoms with Gasteiger partial charge in [0, 0.05) is 23.1 Å². The molecule has 1 aliphatic heterocycles. The summed E-state index contributed by atoms with van der Waals surface area (Å²) in [6, 6.07) is 11.4. The normalized spacial score (nSPS) is 17.2. The van der Waals surface area contributed by atoms with Gasteiger partial charge in [0.1, 0.15) is 5.82 Å². The molecule has 1 N–H and O–H groups in total. The van der Waals surface area contributed by atoms with Crippen LogP contribution in [0.15, 0.2) is 46.9 Å². The molecular weight excluding hydrogens is 399 g/mol. The first-order chi connectivity index (χ1) is 11.5. The molecular formula is C17H13BrClFN2O2. The summed E-state index contributed by atoms with van der Waals surface area (Å²) in [7, 11) is 0. The summed E-state index contributed by atoms with van der Waals surface area (Å²) < 4.78 is 14.2. The molecule has 2 amide bonds. The lowest BCUT2D eigenvalue weighted by atomic mass is 10.1. The maximum Gasteiger partial charge on any atom is 0.229 e. The number of anilines is 2. The van der Waals surface area contributed by atoms with Crippen molar-refractivity contribution in [3.8, 4) is 0 Å². The third-order valence-corrected chi connectivity index (χ3v) is 4.80. The van der Waals surface area contributed by atoms with E-state index in [-0.39, 0.29) is 29.8 Å². The SMILES string of the molecule is O=C(Nc1ccc(Cl)c(F)c1)C1CC(=O)N(c2ccccc2Br)C1. The number of hydrogen-bond donors (Lipinski definition) is 1. The van der Waals surface area contributed by atoms with E-state index in [1.165, 1.54) is 12.1 Å². The van der Waals surface area contributed by atoms with Crippen LogP contribution in [-0.4, -0.2) is 18.4 Å². The Balaban J connectivity index is 1.72. The van der Waals surface area contributed by atoms with Gasteiger partial charge in [0.05, 0.1) is 16.6 Å². The second-order valence-corrected chi connectivity index (χ2v) is 6.74. The van der Waals surface area contributed by atoms with Gasteiger partial charge >= 0.3 is 0 Å². The molecule has 1 atom stereocenters. The lowest BCUT2D eigenvalue weighted by molar-refractivity contribution is -0.122. The summed E-state index contributed by atoms with van der Waals surface area (Å²) in [6.07, 6.45) is 0.114. The van der Waals surface area contributed by atoms with Crippen molar-refractivity contribution >= 4 is 50.7 Å². The van der Waals surface area contributed by atoms with Crippen LogP contribution in [0.2, 0.25) is 5.02 Å². The number of nitrogens with one attached hydrogen (secondary N) is 1. The number of nitrogens with zero attached hydrogens (tertiary/aromatic N) is 1. The van der Waals surface area contributed by atoms with Crippen LogP contribution in [0.25, 0.3) is 0 Å². The minimum absolute atomic E-state index is 0.0100. The lowest BCUT2D eigenvalue weighted by Crippen LogP contribution is -2.28. The van der Waals surface area contributed by atoms with E-state index in [0.717, 1.165) is 16.2 Å². The van der Waals surface area contributed by atoms with E-state index in [0.29, 0.717) is 5.69 Å². The number of amides is 2. The Morgan fingerprint density at radius 3 is 2.75 bits per heavy atom. The van der Waals surface area contributed by atoms with Crippen molar-refractivity contribution in [3.05, 3.63) is 57.8 Å². The molecule has 7 heteroatoms. The first-order valence-electron chi connectivity index (χ1n) is 7.26. The number of carbonyl (C=O) groups excluding carboxylic acids is 2. The first kappa shape index (κ1) is 16.9. The molecule has 24 heavy (non-hydrogen) atoms. The van der Waals surface area contributed by atoms with Gasteiger partial charge in [-0.1, -0.05) is 23.7 Å². The molecule has 1 unspecified atom stereocenters. The first-order valence-corrected chi connectivity index (χ1v) is 8.43. The third-order valence-electron chi connectivity index (χ3n) is 3.83. The standard InChI is InChI=1S/C17H13BrClFN2O2/c18-12-3-1-2-4-15(12)22-9-10(7-16(22)23)17(24)21-11-5-6-13(19)14(20)8-11/h1-6,8,10H,7,9H2,(H,21,24). The number of carbonyl (C=O) groups is 2. The molecule has 3 rings (SSSR count). The van der Waals surface area contributed by atoms with Crippen LogP contribution in [-0.2, 0) is 9.59 Å². The van der Waals surface area contributed by atoms with E-state index >= 15 is 0 Å². The average Bonchev–Trinajstić information content (AvgIpc) is 2.93. The van der Waals surface area contributed by atoms with Gasteiger partial charge in [-0.15, -0.1) is 0 Å². The van der Waals surface area contributed by atoms with Gasteiger partial charge in [-0.05, 0) is 46.3 Å². The predicted molar refractivity (Wildman–Crippen MR) is 94.6 cm³/mol. The predicted octanol–water partition coefficient (Wildman–Crippen LogP) is 4.23. The van der Waals surface area contributed by atoms with E-state index in [1.807, 2.05) is 24.3 Å². The largest absolute Gasteiger partial charge is 0.326 e. The Hall–Kier alpha value is -1.92. The highest BCUT2D eigenvalue weighted by Crippen LogP contribution is 2.31. The molecule has 4 nitrogen and oxygen atoms in total. The Labute approximate surface area is 151 Å². The van der Waals surface area contributed by atoms with Crippen molar-refractivity contribution in [2.75, 3.05) is 16.8 Å². The number of para-hydroxylation sites is 1. The van der Waals surface area contributed by atoms with Crippen molar-refractivity contribution in [1.29, 1.82) is 0 Å². The Morgan fingerprint density at radius 2 is 2.04 bits per heavy atom. The molecule has 0 bridgehead atoms. The van der Waals surface area contributed by atoms with Crippen LogP contribution in [0, 0.1) is 11.7 Å². The number of hydrogen-bond acceptors (Lipinski definition) is 2. The van der Waals surface area contributed by atoms with Gasteiger partial charge in [-0.3, -0.25) is 9.59 Å². The number of benzene rings is 2. The van der Waals surface area contributed by atoms with E-state index in [9.17, 15) is 14.0 Å². The molecule has 0 saturated carbocycles. The summed E-state index contributed by atoms with van der Waals surface area (Å²) in [5.74, 6) is -1.54. The molecule has 0 aliphatic carbocycles. The highest BCUT2D eigenvalue weighted by molar-refractivity contribution is 9.10. The molecule has 124 valence electrons. The van der Waals surface area contributed by atoms with Crippen LogP contribution in [0.4, 0.5) is 15.8 Å². The van der Waals surface area contributed by atoms with Crippen molar-refractivity contribution in [2.45, 2.75) is 6.42 Å². The quantitative estimate of drug-likeness (QED) is 0.821. The van der Waals surface area contributed by atoms with Gasteiger partial charge in [-0.25, -0.2) is 4.39 Å². The topological polar surface area (TPSA) is 49.4 Å². The maximum atomic E-state index is 13.4. The summed E-state index contributed by atoms with van der Waals surface area (Å²) in [5, 5.41) is 2.62.